The molecule has 0 saturated heterocycles. The summed E-state index contributed by atoms with van der Waals surface area (Å²) in [6.45, 7) is 0.195. The zero-order valence-corrected chi connectivity index (χ0v) is 12.3. The summed E-state index contributed by atoms with van der Waals surface area (Å²) >= 11 is 0. The summed E-state index contributed by atoms with van der Waals surface area (Å²) in [6, 6.07) is 3.64. The SMILES string of the molecule is COC(CNC(=O)C(=O)NC1CCCCC1)c1ccco1. The maximum Gasteiger partial charge on any atom is 0.309 e. The van der Waals surface area contributed by atoms with Crippen molar-refractivity contribution in [2.75, 3.05) is 13.7 Å². The van der Waals surface area contributed by atoms with Crippen LogP contribution in [-0.4, -0.2) is 31.5 Å². The van der Waals surface area contributed by atoms with E-state index in [-0.39, 0.29) is 12.6 Å². The van der Waals surface area contributed by atoms with Crippen LogP contribution in [0.25, 0.3) is 0 Å². The number of hydrogen-bond donors (Lipinski definition) is 2. The van der Waals surface area contributed by atoms with Gasteiger partial charge in [0.05, 0.1) is 12.8 Å². The standard InChI is InChI=1S/C15H22N2O4/c1-20-13(12-8-5-9-21-12)10-16-14(18)15(19)17-11-6-3-2-4-7-11/h5,8-9,11,13H,2-4,6-7,10H2,1H3,(H,16,18)(H,17,19). The molecule has 0 spiro atoms. The number of rotatable bonds is 5. The molecule has 1 heterocycles. The summed E-state index contributed by atoms with van der Waals surface area (Å²) in [5, 5.41) is 5.36. The van der Waals surface area contributed by atoms with Crippen molar-refractivity contribution in [2.24, 2.45) is 0 Å². The molecule has 1 aliphatic carbocycles. The Morgan fingerprint density at radius 1 is 1.33 bits per heavy atom. The summed E-state index contributed by atoms with van der Waals surface area (Å²) in [5.41, 5.74) is 0. The molecular weight excluding hydrogens is 272 g/mol. The van der Waals surface area contributed by atoms with Crippen LogP contribution >= 0.6 is 0 Å². The van der Waals surface area contributed by atoms with Gasteiger partial charge in [-0.2, -0.15) is 0 Å². The number of carbonyl (C=O) groups is 2. The molecule has 0 bridgehead atoms. The van der Waals surface area contributed by atoms with Gasteiger partial charge in [0.25, 0.3) is 0 Å². The zero-order valence-electron chi connectivity index (χ0n) is 12.3. The van der Waals surface area contributed by atoms with Crippen LogP contribution < -0.4 is 10.6 Å². The molecule has 2 rings (SSSR count). The lowest BCUT2D eigenvalue weighted by Crippen LogP contribution is -2.46. The van der Waals surface area contributed by atoms with E-state index < -0.39 is 17.9 Å². The molecule has 1 aromatic heterocycles. The van der Waals surface area contributed by atoms with Gasteiger partial charge >= 0.3 is 11.8 Å². The third-order valence-corrected chi connectivity index (χ3v) is 3.74. The van der Waals surface area contributed by atoms with Crippen LogP contribution in [0.2, 0.25) is 0 Å². The van der Waals surface area contributed by atoms with Gasteiger partial charge < -0.3 is 19.8 Å². The van der Waals surface area contributed by atoms with E-state index in [9.17, 15) is 9.59 Å². The summed E-state index contributed by atoms with van der Waals surface area (Å²) < 4.78 is 10.5. The summed E-state index contributed by atoms with van der Waals surface area (Å²) in [4.78, 5) is 23.6. The number of carbonyl (C=O) groups excluding carboxylic acids is 2. The fourth-order valence-corrected chi connectivity index (χ4v) is 2.54. The minimum absolute atomic E-state index is 0.125. The van der Waals surface area contributed by atoms with E-state index in [1.165, 1.54) is 13.5 Å². The highest BCUT2D eigenvalue weighted by atomic mass is 16.5. The van der Waals surface area contributed by atoms with Crippen molar-refractivity contribution in [1.29, 1.82) is 0 Å². The summed E-state index contributed by atoms with van der Waals surface area (Å²) in [7, 11) is 1.53. The highest BCUT2D eigenvalue weighted by molar-refractivity contribution is 6.35. The molecule has 0 radical (unpaired) electrons. The van der Waals surface area contributed by atoms with Crippen LogP contribution in [0.4, 0.5) is 0 Å². The monoisotopic (exact) mass is 294 g/mol. The van der Waals surface area contributed by atoms with E-state index in [0.717, 1.165) is 25.7 Å². The minimum Gasteiger partial charge on any atom is -0.467 e. The zero-order chi connectivity index (χ0) is 15.1. The molecule has 1 atom stereocenters. The molecule has 6 heteroatoms. The molecule has 1 unspecified atom stereocenters. The van der Waals surface area contributed by atoms with E-state index in [0.29, 0.717) is 5.76 Å². The second-order valence-electron chi connectivity index (χ2n) is 5.26. The molecule has 1 fully saturated rings. The van der Waals surface area contributed by atoms with Crippen molar-refractivity contribution in [3.8, 4) is 0 Å². The first kappa shape index (κ1) is 15.6. The average Bonchev–Trinajstić information content (AvgIpc) is 3.03. The number of ether oxygens (including phenoxy) is 1. The van der Waals surface area contributed by atoms with Crippen LogP contribution in [0.15, 0.2) is 22.8 Å². The maximum atomic E-state index is 11.8. The number of methoxy groups -OCH3 is 1. The summed E-state index contributed by atoms with van der Waals surface area (Å²) in [5.74, 6) is -0.587. The van der Waals surface area contributed by atoms with E-state index >= 15 is 0 Å². The Balaban J connectivity index is 1.76. The largest absolute Gasteiger partial charge is 0.467 e. The molecule has 21 heavy (non-hydrogen) atoms. The first-order valence-electron chi connectivity index (χ1n) is 7.35. The van der Waals surface area contributed by atoms with Crippen molar-refractivity contribution in [1.82, 2.24) is 10.6 Å². The van der Waals surface area contributed by atoms with Crippen LogP contribution in [0.1, 0.15) is 44.0 Å². The van der Waals surface area contributed by atoms with Crippen LogP contribution in [0.5, 0.6) is 0 Å². The fourth-order valence-electron chi connectivity index (χ4n) is 2.54. The molecule has 2 N–H and O–H groups in total. The highest BCUT2D eigenvalue weighted by Crippen LogP contribution is 2.17. The smallest absolute Gasteiger partial charge is 0.309 e. The van der Waals surface area contributed by atoms with Gasteiger partial charge in [0.15, 0.2) is 0 Å². The van der Waals surface area contributed by atoms with E-state index in [4.69, 9.17) is 9.15 Å². The molecule has 1 aliphatic rings. The number of furan rings is 1. The molecule has 0 aliphatic heterocycles. The van der Waals surface area contributed by atoms with Crippen molar-refractivity contribution < 1.29 is 18.7 Å². The van der Waals surface area contributed by atoms with E-state index in [1.807, 2.05) is 0 Å². The molecule has 116 valence electrons. The van der Waals surface area contributed by atoms with E-state index in [2.05, 4.69) is 10.6 Å². The summed E-state index contributed by atoms with van der Waals surface area (Å²) in [6.07, 6.45) is 6.47. The minimum atomic E-state index is -0.630. The lowest BCUT2D eigenvalue weighted by atomic mass is 9.95. The number of hydrogen-bond acceptors (Lipinski definition) is 4. The Hall–Kier alpha value is -1.82. The van der Waals surface area contributed by atoms with Gasteiger partial charge in [0, 0.05) is 13.2 Å². The van der Waals surface area contributed by atoms with Gasteiger partial charge in [-0.15, -0.1) is 0 Å². The highest BCUT2D eigenvalue weighted by Gasteiger charge is 2.22. The Kier molecular flexibility index (Phi) is 5.80. The molecule has 1 aromatic rings. The van der Waals surface area contributed by atoms with Crippen molar-refractivity contribution in [2.45, 2.75) is 44.2 Å². The Bertz CT molecular complexity index is 452. The molecule has 0 aromatic carbocycles. The van der Waals surface area contributed by atoms with Crippen LogP contribution in [-0.2, 0) is 14.3 Å². The molecule has 6 nitrogen and oxygen atoms in total. The molecule has 2 amide bonds. The van der Waals surface area contributed by atoms with Gasteiger partial charge in [-0.05, 0) is 25.0 Å². The predicted molar refractivity (Wildman–Crippen MR) is 76.5 cm³/mol. The second-order valence-corrected chi connectivity index (χ2v) is 5.26. The second kappa shape index (κ2) is 7.83. The molecular formula is C15H22N2O4. The van der Waals surface area contributed by atoms with Gasteiger partial charge in [0.2, 0.25) is 0 Å². The fraction of sp³-hybridized carbons (Fsp3) is 0.600. The first-order valence-corrected chi connectivity index (χ1v) is 7.35. The van der Waals surface area contributed by atoms with Gasteiger partial charge in [-0.1, -0.05) is 19.3 Å². The van der Waals surface area contributed by atoms with Crippen LogP contribution in [0.3, 0.4) is 0 Å². The average molecular weight is 294 g/mol. The van der Waals surface area contributed by atoms with Gasteiger partial charge in [-0.25, -0.2) is 0 Å². The lowest BCUT2D eigenvalue weighted by molar-refractivity contribution is -0.140. The quantitative estimate of drug-likeness (QED) is 0.807. The Labute approximate surface area is 124 Å². The number of amides is 2. The first-order chi connectivity index (χ1) is 10.2. The maximum absolute atomic E-state index is 11.8. The van der Waals surface area contributed by atoms with Crippen LogP contribution in [0, 0.1) is 0 Å². The Morgan fingerprint density at radius 2 is 2.10 bits per heavy atom. The Morgan fingerprint density at radius 3 is 2.71 bits per heavy atom. The molecule has 1 saturated carbocycles. The van der Waals surface area contributed by atoms with Crippen molar-refractivity contribution in [3.63, 3.8) is 0 Å². The third-order valence-electron chi connectivity index (χ3n) is 3.74. The van der Waals surface area contributed by atoms with Crippen molar-refractivity contribution in [3.05, 3.63) is 24.2 Å². The number of nitrogens with one attached hydrogen (secondary N) is 2. The third kappa shape index (κ3) is 4.60. The predicted octanol–water partition coefficient (Wildman–Crippen LogP) is 1.53. The topological polar surface area (TPSA) is 80.6 Å². The van der Waals surface area contributed by atoms with Crippen molar-refractivity contribution >= 4 is 11.8 Å². The van der Waals surface area contributed by atoms with Gasteiger partial charge in [-0.3, -0.25) is 9.59 Å². The normalized spacial score (nSPS) is 17.2. The van der Waals surface area contributed by atoms with Gasteiger partial charge in [0.1, 0.15) is 11.9 Å². The van der Waals surface area contributed by atoms with E-state index in [1.54, 1.807) is 18.4 Å². The lowest BCUT2D eigenvalue weighted by Gasteiger charge is -2.22.